The molecule has 2 saturated heterocycles. The molecule has 1 aromatic rings. The summed E-state index contributed by atoms with van der Waals surface area (Å²) in [4.78, 5) is 9.68. The molecule has 2 aliphatic heterocycles. The molecular weight excluding hydrogens is 474 g/mol. The fourth-order valence-electron chi connectivity index (χ4n) is 3.57. The molecule has 0 saturated carbocycles. The molecule has 1 atom stereocenters. The number of rotatable bonds is 7. The van der Waals surface area contributed by atoms with Crippen molar-refractivity contribution >= 4 is 29.9 Å². The molecule has 2 fully saturated rings. The van der Waals surface area contributed by atoms with E-state index in [0.29, 0.717) is 24.9 Å². The molecule has 1 N–H and O–H groups in total. The predicted molar refractivity (Wildman–Crippen MR) is 120 cm³/mol. The molecule has 1 unspecified atom stereocenters. The fourth-order valence-corrected chi connectivity index (χ4v) is 3.57. The highest BCUT2D eigenvalue weighted by molar-refractivity contribution is 14.0. The molecule has 158 valence electrons. The van der Waals surface area contributed by atoms with Crippen molar-refractivity contribution in [3.05, 3.63) is 30.1 Å². The van der Waals surface area contributed by atoms with Crippen LogP contribution >= 0.6 is 24.0 Å². The molecule has 0 spiro atoms. The zero-order chi connectivity index (χ0) is 18.9. The van der Waals surface area contributed by atoms with Crippen LogP contribution in [0.3, 0.4) is 0 Å². The number of hydrogen-bond donors (Lipinski definition) is 1. The summed E-state index contributed by atoms with van der Waals surface area (Å²) in [5.41, 5.74) is 0. The molecule has 28 heavy (non-hydrogen) atoms. The third-order valence-corrected chi connectivity index (χ3v) is 5.01. The van der Waals surface area contributed by atoms with Gasteiger partial charge in [0.15, 0.2) is 5.96 Å². The molecule has 1 aromatic carbocycles. The number of guanidine groups is 1. The highest BCUT2D eigenvalue weighted by Gasteiger charge is 2.30. The Balaban J connectivity index is 0.00000280. The lowest BCUT2D eigenvalue weighted by Crippen LogP contribution is -2.46. The predicted octanol–water partition coefficient (Wildman–Crippen LogP) is 2.58. The molecule has 2 aliphatic rings. The van der Waals surface area contributed by atoms with Crippen molar-refractivity contribution in [3.8, 4) is 5.75 Å². The Kier molecular flexibility index (Phi) is 10.3. The lowest BCUT2D eigenvalue weighted by molar-refractivity contribution is 0.0195. The van der Waals surface area contributed by atoms with E-state index in [-0.39, 0.29) is 29.8 Å². The third-order valence-electron chi connectivity index (χ3n) is 5.01. The Labute approximate surface area is 184 Å². The zero-order valence-corrected chi connectivity index (χ0v) is 18.9. The van der Waals surface area contributed by atoms with E-state index in [9.17, 15) is 4.39 Å². The first-order valence-electron chi connectivity index (χ1n) is 9.99. The van der Waals surface area contributed by atoms with Gasteiger partial charge in [-0.3, -0.25) is 9.89 Å². The lowest BCUT2D eigenvalue weighted by atomic mass is 10.2. The van der Waals surface area contributed by atoms with E-state index in [1.807, 2.05) is 0 Å². The van der Waals surface area contributed by atoms with Gasteiger partial charge in [-0.2, -0.15) is 0 Å². The Morgan fingerprint density at radius 3 is 2.71 bits per heavy atom. The zero-order valence-electron chi connectivity index (χ0n) is 16.6. The van der Waals surface area contributed by atoms with E-state index in [1.54, 1.807) is 12.1 Å². The standard InChI is InChI=1S/C20H31FN4O2.HI/c1-2-22-20(23-9-3-13-27-19-6-4-17(21)5-7-19)25-10-8-18(16-25)24-11-14-26-15-12-24;/h4-7,18H,2-3,8-16H2,1H3,(H,22,23);1H. The summed E-state index contributed by atoms with van der Waals surface area (Å²) in [7, 11) is 0. The largest absolute Gasteiger partial charge is 0.494 e. The number of nitrogens with one attached hydrogen (secondary N) is 1. The number of benzene rings is 1. The number of nitrogens with zero attached hydrogens (tertiary/aromatic N) is 3. The van der Waals surface area contributed by atoms with Crippen LogP contribution in [-0.2, 0) is 4.74 Å². The normalized spacial score (nSPS) is 20.7. The SMILES string of the molecule is CCNC(=NCCCOc1ccc(F)cc1)N1CCC(N2CCOCC2)C1.I. The van der Waals surface area contributed by atoms with Crippen LogP contribution in [0.1, 0.15) is 19.8 Å². The summed E-state index contributed by atoms with van der Waals surface area (Å²) in [5.74, 6) is 1.44. The number of aliphatic imine (C=N–C) groups is 1. The molecule has 6 nitrogen and oxygen atoms in total. The van der Waals surface area contributed by atoms with Crippen LogP contribution in [0.15, 0.2) is 29.3 Å². The van der Waals surface area contributed by atoms with Crippen LogP contribution in [0.5, 0.6) is 5.75 Å². The summed E-state index contributed by atoms with van der Waals surface area (Å²) in [6.45, 7) is 10.1. The average molecular weight is 506 g/mol. The van der Waals surface area contributed by atoms with Gasteiger partial charge < -0.3 is 19.7 Å². The van der Waals surface area contributed by atoms with E-state index in [4.69, 9.17) is 14.5 Å². The first kappa shape index (κ1) is 23.2. The first-order valence-corrected chi connectivity index (χ1v) is 9.99. The summed E-state index contributed by atoms with van der Waals surface area (Å²) in [6, 6.07) is 6.72. The van der Waals surface area contributed by atoms with Crippen LogP contribution in [-0.4, -0.2) is 80.9 Å². The minimum Gasteiger partial charge on any atom is -0.494 e. The molecule has 0 aromatic heterocycles. The summed E-state index contributed by atoms with van der Waals surface area (Å²) >= 11 is 0. The average Bonchev–Trinajstić information content (AvgIpc) is 3.19. The first-order chi connectivity index (χ1) is 13.3. The topological polar surface area (TPSA) is 49.3 Å². The molecular formula is C20H32FIN4O2. The monoisotopic (exact) mass is 506 g/mol. The fraction of sp³-hybridized carbons (Fsp3) is 0.650. The van der Waals surface area contributed by atoms with Gasteiger partial charge in [0.2, 0.25) is 0 Å². The minimum atomic E-state index is -0.247. The van der Waals surface area contributed by atoms with Crippen LogP contribution in [0.25, 0.3) is 0 Å². The van der Waals surface area contributed by atoms with Crippen molar-refractivity contribution in [2.45, 2.75) is 25.8 Å². The second kappa shape index (κ2) is 12.4. The van der Waals surface area contributed by atoms with E-state index in [0.717, 1.165) is 58.3 Å². The van der Waals surface area contributed by atoms with Gasteiger partial charge >= 0.3 is 0 Å². The van der Waals surface area contributed by atoms with E-state index >= 15 is 0 Å². The maximum absolute atomic E-state index is 12.9. The Bertz CT molecular complexity index is 596. The van der Waals surface area contributed by atoms with Gasteiger partial charge in [-0.25, -0.2) is 4.39 Å². The number of halogens is 2. The molecule has 0 bridgehead atoms. The second-order valence-corrected chi connectivity index (χ2v) is 6.93. The van der Waals surface area contributed by atoms with Gasteiger partial charge in [0.1, 0.15) is 11.6 Å². The number of likely N-dealkylation sites (tertiary alicyclic amines) is 1. The van der Waals surface area contributed by atoms with Gasteiger partial charge in [0.05, 0.1) is 19.8 Å². The van der Waals surface area contributed by atoms with Crippen LogP contribution in [0.4, 0.5) is 4.39 Å². The van der Waals surface area contributed by atoms with E-state index < -0.39 is 0 Å². The summed E-state index contributed by atoms with van der Waals surface area (Å²) < 4.78 is 24.0. The van der Waals surface area contributed by atoms with Crippen LogP contribution in [0.2, 0.25) is 0 Å². The van der Waals surface area contributed by atoms with Crippen molar-refractivity contribution in [3.63, 3.8) is 0 Å². The minimum absolute atomic E-state index is 0. The Morgan fingerprint density at radius 1 is 1.25 bits per heavy atom. The van der Waals surface area contributed by atoms with Crippen molar-refractivity contribution in [2.24, 2.45) is 4.99 Å². The number of hydrogen-bond acceptors (Lipinski definition) is 4. The maximum Gasteiger partial charge on any atom is 0.193 e. The highest BCUT2D eigenvalue weighted by atomic mass is 127. The van der Waals surface area contributed by atoms with Gasteiger partial charge in [0.25, 0.3) is 0 Å². The second-order valence-electron chi connectivity index (χ2n) is 6.93. The van der Waals surface area contributed by atoms with Crippen molar-refractivity contribution < 1.29 is 13.9 Å². The number of morpholine rings is 1. The number of ether oxygens (including phenoxy) is 2. The lowest BCUT2D eigenvalue weighted by Gasteiger charge is -2.32. The molecule has 0 amide bonds. The third kappa shape index (κ3) is 7.04. The molecule has 3 rings (SSSR count). The van der Waals surface area contributed by atoms with Crippen molar-refractivity contribution in [1.82, 2.24) is 15.1 Å². The smallest absolute Gasteiger partial charge is 0.193 e. The van der Waals surface area contributed by atoms with Gasteiger partial charge in [-0.05, 0) is 37.6 Å². The molecule has 2 heterocycles. The molecule has 0 radical (unpaired) electrons. The van der Waals surface area contributed by atoms with Gasteiger partial charge in [-0.15, -0.1) is 24.0 Å². The Hall–Kier alpha value is -1.13. The van der Waals surface area contributed by atoms with Crippen LogP contribution < -0.4 is 10.1 Å². The Morgan fingerprint density at radius 2 is 2.00 bits per heavy atom. The van der Waals surface area contributed by atoms with Crippen LogP contribution in [0, 0.1) is 5.82 Å². The summed E-state index contributed by atoms with van der Waals surface area (Å²) in [6.07, 6.45) is 2.01. The molecule has 8 heteroatoms. The maximum atomic E-state index is 12.9. The van der Waals surface area contributed by atoms with Crippen molar-refractivity contribution in [1.29, 1.82) is 0 Å². The van der Waals surface area contributed by atoms with Gasteiger partial charge in [-0.1, -0.05) is 0 Å². The quantitative estimate of drug-likeness (QED) is 0.267. The van der Waals surface area contributed by atoms with Gasteiger partial charge in [0, 0.05) is 51.7 Å². The van der Waals surface area contributed by atoms with Crippen molar-refractivity contribution in [2.75, 3.05) is 59.1 Å². The molecule has 0 aliphatic carbocycles. The van der Waals surface area contributed by atoms with E-state index in [2.05, 4.69) is 22.0 Å². The summed E-state index contributed by atoms with van der Waals surface area (Å²) in [5, 5.41) is 3.41. The highest BCUT2D eigenvalue weighted by Crippen LogP contribution is 2.17. The van der Waals surface area contributed by atoms with E-state index in [1.165, 1.54) is 18.6 Å².